The van der Waals surface area contributed by atoms with Crippen LogP contribution in [-0.2, 0) is 14.8 Å². The van der Waals surface area contributed by atoms with Gasteiger partial charge in [-0.25, -0.2) is 8.42 Å². The van der Waals surface area contributed by atoms with Crippen LogP contribution in [-0.4, -0.2) is 28.0 Å². The molecule has 0 aromatic heterocycles. The summed E-state index contributed by atoms with van der Waals surface area (Å²) >= 11 is 5.97. The van der Waals surface area contributed by atoms with E-state index in [0.29, 0.717) is 22.1 Å². The van der Waals surface area contributed by atoms with E-state index in [0.717, 1.165) is 15.4 Å². The number of aryl methyl sites for hydroxylation is 2. The van der Waals surface area contributed by atoms with Gasteiger partial charge >= 0.3 is 0 Å². The summed E-state index contributed by atoms with van der Waals surface area (Å²) in [6.45, 7) is 3.37. The summed E-state index contributed by atoms with van der Waals surface area (Å²) in [7, 11) is -2.52. The largest absolute Gasteiger partial charge is 0.497 e. The molecule has 0 saturated heterocycles. The van der Waals surface area contributed by atoms with Crippen molar-refractivity contribution in [3.8, 4) is 5.75 Å². The van der Waals surface area contributed by atoms with E-state index in [1.165, 1.54) is 19.2 Å². The Morgan fingerprint density at radius 2 is 1.55 bits per heavy atom. The number of benzene rings is 3. The molecular formula is C23H23ClN2O4S. The fourth-order valence-corrected chi connectivity index (χ4v) is 4.67. The molecular weight excluding hydrogens is 436 g/mol. The Kier molecular flexibility index (Phi) is 6.87. The molecule has 3 aromatic rings. The van der Waals surface area contributed by atoms with Crippen LogP contribution in [0.5, 0.6) is 5.75 Å². The zero-order valence-corrected chi connectivity index (χ0v) is 19.0. The van der Waals surface area contributed by atoms with Gasteiger partial charge in [0.2, 0.25) is 5.91 Å². The second kappa shape index (κ2) is 9.41. The van der Waals surface area contributed by atoms with Gasteiger partial charge in [0, 0.05) is 10.7 Å². The molecule has 0 atom stereocenters. The Hall–Kier alpha value is -3.03. The number of halogens is 1. The third kappa shape index (κ3) is 5.18. The molecule has 0 saturated carbocycles. The predicted molar refractivity (Wildman–Crippen MR) is 124 cm³/mol. The summed E-state index contributed by atoms with van der Waals surface area (Å²) in [6.07, 6.45) is 0. The number of hydrogen-bond donors (Lipinski definition) is 1. The lowest BCUT2D eigenvalue weighted by Gasteiger charge is -2.24. The highest BCUT2D eigenvalue weighted by Crippen LogP contribution is 2.27. The molecule has 1 N–H and O–H groups in total. The van der Waals surface area contributed by atoms with Crippen molar-refractivity contribution in [1.29, 1.82) is 0 Å². The molecule has 0 unspecified atom stereocenters. The summed E-state index contributed by atoms with van der Waals surface area (Å²) in [5.41, 5.74) is 2.79. The van der Waals surface area contributed by atoms with Crippen molar-refractivity contribution in [1.82, 2.24) is 0 Å². The van der Waals surface area contributed by atoms with Gasteiger partial charge in [0.15, 0.2) is 0 Å². The van der Waals surface area contributed by atoms with Gasteiger partial charge in [0.05, 0.1) is 17.7 Å². The number of nitrogens with one attached hydrogen (secondary N) is 1. The first-order valence-corrected chi connectivity index (χ1v) is 11.3. The lowest BCUT2D eigenvalue weighted by Crippen LogP contribution is -2.38. The Labute approximate surface area is 187 Å². The maximum atomic E-state index is 13.4. The average Bonchev–Trinajstić information content (AvgIpc) is 2.75. The number of hydrogen-bond acceptors (Lipinski definition) is 4. The van der Waals surface area contributed by atoms with Crippen LogP contribution in [0, 0.1) is 13.8 Å². The van der Waals surface area contributed by atoms with Gasteiger partial charge in [0.1, 0.15) is 12.3 Å². The van der Waals surface area contributed by atoms with E-state index < -0.39 is 22.5 Å². The van der Waals surface area contributed by atoms with Crippen molar-refractivity contribution in [3.05, 3.63) is 82.9 Å². The number of sulfonamides is 1. The van der Waals surface area contributed by atoms with Gasteiger partial charge in [-0.05, 0) is 73.5 Å². The molecule has 0 bridgehead atoms. The summed E-state index contributed by atoms with van der Waals surface area (Å²) in [5, 5.41) is 3.30. The van der Waals surface area contributed by atoms with Crippen LogP contribution in [0.2, 0.25) is 5.02 Å². The Bertz CT molecular complexity index is 1160. The van der Waals surface area contributed by atoms with E-state index in [4.69, 9.17) is 16.3 Å². The third-order valence-corrected chi connectivity index (χ3v) is 6.83. The van der Waals surface area contributed by atoms with Gasteiger partial charge in [0.25, 0.3) is 10.0 Å². The van der Waals surface area contributed by atoms with E-state index in [1.807, 2.05) is 32.0 Å². The van der Waals surface area contributed by atoms with Crippen LogP contribution in [0.15, 0.2) is 71.6 Å². The molecule has 3 aromatic carbocycles. The number of methoxy groups -OCH3 is 1. The first kappa shape index (κ1) is 22.7. The van der Waals surface area contributed by atoms with E-state index in [-0.39, 0.29) is 4.90 Å². The molecule has 3 rings (SSSR count). The minimum atomic E-state index is -4.03. The lowest BCUT2D eigenvalue weighted by atomic mass is 10.1. The van der Waals surface area contributed by atoms with Gasteiger partial charge in [-0.2, -0.15) is 0 Å². The smallest absolute Gasteiger partial charge is 0.264 e. The normalized spacial score (nSPS) is 11.1. The quantitative estimate of drug-likeness (QED) is 0.551. The van der Waals surface area contributed by atoms with Crippen LogP contribution < -0.4 is 14.4 Å². The number of ether oxygens (including phenoxy) is 1. The molecule has 8 heteroatoms. The van der Waals surface area contributed by atoms with Crippen molar-refractivity contribution in [3.63, 3.8) is 0 Å². The summed E-state index contributed by atoms with van der Waals surface area (Å²) in [6, 6.07) is 18.0. The lowest BCUT2D eigenvalue weighted by molar-refractivity contribution is -0.114. The van der Waals surface area contributed by atoms with Crippen LogP contribution in [0.1, 0.15) is 11.1 Å². The number of anilines is 2. The minimum Gasteiger partial charge on any atom is -0.497 e. The minimum absolute atomic E-state index is 0.0446. The van der Waals surface area contributed by atoms with Crippen molar-refractivity contribution in [2.45, 2.75) is 18.7 Å². The number of para-hydroxylation sites is 1. The van der Waals surface area contributed by atoms with Gasteiger partial charge in [-0.15, -0.1) is 0 Å². The fraction of sp³-hybridized carbons (Fsp3) is 0.174. The average molecular weight is 459 g/mol. The van der Waals surface area contributed by atoms with Crippen molar-refractivity contribution in [2.24, 2.45) is 0 Å². The molecule has 0 heterocycles. The van der Waals surface area contributed by atoms with Crippen molar-refractivity contribution < 1.29 is 17.9 Å². The molecule has 162 valence electrons. The first-order chi connectivity index (χ1) is 14.7. The second-order valence-corrected chi connectivity index (χ2v) is 9.28. The monoisotopic (exact) mass is 458 g/mol. The van der Waals surface area contributed by atoms with E-state index in [1.54, 1.807) is 36.4 Å². The maximum Gasteiger partial charge on any atom is 0.264 e. The zero-order valence-electron chi connectivity index (χ0n) is 17.4. The first-order valence-electron chi connectivity index (χ1n) is 9.51. The zero-order chi connectivity index (χ0) is 22.6. The summed E-state index contributed by atoms with van der Waals surface area (Å²) < 4.78 is 33.0. The highest BCUT2D eigenvalue weighted by atomic mass is 35.5. The van der Waals surface area contributed by atoms with Crippen molar-refractivity contribution >= 4 is 38.9 Å². The SMILES string of the molecule is COc1ccc(S(=O)(=O)N(CC(=O)Nc2c(C)cccc2C)c2ccc(Cl)cc2)cc1. The highest BCUT2D eigenvalue weighted by molar-refractivity contribution is 7.92. The number of carbonyl (C=O) groups is 1. The number of carbonyl (C=O) groups excluding carboxylic acids is 1. The van der Waals surface area contributed by atoms with Crippen LogP contribution >= 0.6 is 11.6 Å². The van der Waals surface area contributed by atoms with Crippen molar-refractivity contribution in [2.75, 3.05) is 23.3 Å². The van der Waals surface area contributed by atoms with E-state index in [9.17, 15) is 13.2 Å². The number of rotatable bonds is 7. The Morgan fingerprint density at radius 3 is 2.10 bits per heavy atom. The molecule has 0 aliphatic carbocycles. The fourth-order valence-electron chi connectivity index (χ4n) is 3.12. The molecule has 0 aliphatic rings. The highest BCUT2D eigenvalue weighted by Gasteiger charge is 2.27. The number of amides is 1. The topological polar surface area (TPSA) is 75.7 Å². The Balaban J connectivity index is 1.96. The molecule has 1 amide bonds. The molecule has 0 aliphatic heterocycles. The molecule has 31 heavy (non-hydrogen) atoms. The second-order valence-electron chi connectivity index (χ2n) is 6.98. The van der Waals surface area contributed by atoms with Gasteiger partial charge in [-0.1, -0.05) is 29.8 Å². The molecule has 0 fully saturated rings. The van der Waals surface area contributed by atoms with Crippen LogP contribution in [0.25, 0.3) is 0 Å². The molecule has 0 radical (unpaired) electrons. The Morgan fingerprint density at radius 1 is 0.968 bits per heavy atom. The standard InChI is InChI=1S/C23H23ClN2O4S/c1-16-5-4-6-17(2)23(16)25-22(27)15-26(19-9-7-18(24)8-10-19)31(28,29)21-13-11-20(30-3)12-14-21/h4-14H,15H2,1-3H3,(H,25,27). The number of nitrogens with zero attached hydrogens (tertiary/aromatic N) is 1. The molecule has 6 nitrogen and oxygen atoms in total. The predicted octanol–water partition coefficient (Wildman–Crippen LogP) is 4.80. The maximum absolute atomic E-state index is 13.4. The van der Waals surface area contributed by atoms with Crippen LogP contribution in [0.4, 0.5) is 11.4 Å². The van der Waals surface area contributed by atoms with Gasteiger partial charge < -0.3 is 10.1 Å². The summed E-state index contributed by atoms with van der Waals surface area (Å²) in [5.74, 6) is 0.0780. The van der Waals surface area contributed by atoms with Gasteiger partial charge in [-0.3, -0.25) is 9.10 Å². The van der Waals surface area contributed by atoms with E-state index >= 15 is 0 Å². The van der Waals surface area contributed by atoms with E-state index in [2.05, 4.69) is 5.32 Å². The third-order valence-electron chi connectivity index (χ3n) is 4.79. The summed E-state index contributed by atoms with van der Waals surface area (Å²) in [4.78, 5) is 12.9. The van der Waals surface area contributed by atoms with Crippen LogP contribution in [0.3, 0.4) is 0 Å². The molecule has 0 spiro atoms.